The van der Waals surface area contributed by atoms with Gasteiger partial charge in [0.25, 0.3) is 0 Å². The van der Waals surface area contributed by atoms with Gasteiger partial charge in [-0.05, 0) is 44.1 Å². The van der Waals surface area contributed by atoms with Crippen molar-refractivity contribution in [3.05, 3.63) is 23.8 Å². The Balaban J connectivity index is 1.90. The molecular weight excluding hydrogens is 280 g/mol. The number of nitrogens with zero attached hydrogens (tertiary/aromatic N) is 2. The van der Waals surface area contributed by atoms with Crippen molar-refractivity contribution >= 4 is 5.91 Å². The molecule has 0 radical (unpaired) electrons. The van der Waals surface area contributed by atoms with Crippen molar-refractivity contribution in [2.45, 2.75) is 19.3 Å². The molecule has 0 aromatic heterocycles. The van der Waals surface area contributed by atoms with Gasteiger partial charge in [0.05, 0.1) is 14.2 Å². The number of amides is 1. The summed E-state index contributed by atoms with van der Waals surface area (Å²) in [4.78, 5) is 16.6. The SMILES string of the molecule is COc1ccc(CCC(=O)N2CCCN(C)CC2)cc1OC. The zero-order valence-corrected chi connectivity index (χ0v) is 13.8. The molecule has 1 aliphatic rings. The summed E-state index contributed by atoms with van der Waals surface area (Å²) in [6.07, 6.45) is 2.32. The minimum Gasteiger partial charge on any atom is -0.493 e. The van der Waals surface area contributed by atoms with E-state index in [9.17, 15) is 4.79 Å². The van der Waals surface area contributed by atoms with Crippen LogP contribution in [0, 0.1) is 0 Å². The number of likely N-dealkylation sites (N-methyl/N-ethyl adjacent to an activating group) is 1. The second-order valence-corrected chi connectivity index (χ2v) is 5.73. The molecule has 1 saturated heterocycles. The average molecular weight is 306 g/mol. The number of carbonyl (C=O) groups excluding carboxylic acids is 1. The van der Waals surface area contributed by atoms with Gasteiger partial charge in [0.2, 0.25) is 5.91 Å². The van der Waals surface area contributed by atoms with E-state index >= 15 is 0 Å². The Labute approximate surface area is 132 Å². The fraction of sp³-hybridized carbons (Fsp3) is 0.588. The van der Waals surface area contributed by atoms with Crippen LogP contribution < -0.4 is 9.47 Å². The molecule has 0 unspecified atom stereocenters. The number of methoxy groups -OCH3 is 2. The lowest BCUT2D eigenvalue weighted by molar-refractivity contribution is -0.131. The van der Waals surface area contributed by atoms with E-state index in [0.29, 0.717) is 17.9 Å². The fourth-order valence-electron chi connectivity index (χ4n) is 2.74. The number of benzene rings is 1. The first-order valence-corrected chi connectivity index (χ1v) is 7.81. The molecule has 0 bridgehead atoms. The highest BCUT2D eigenvalue weighted by Gasteiger charge is 2.17. The van der Waals surface area contributed by atoms with Crippen LogP contribution in [0.4, 0.5) is 0 Å². The van der Waals surface area contributed by atoms with Gasteiger partial charge in [0.15, 0.2) is 11.5 Å². The third kappa shape index (κ3) is 4.37. The molecule has 1 aliphatic heterocycles. The van der Waals surface area contributed by atoms with E-state index in [0.717, 1.165) is 44.6 Å². The predicted octanol–water partition coefficient (Wildman–Crippen LogP) is 1.80. The molecular formula is C17H26N2O3. The maximum absolute atomic E-state index is 12.4. The molecule has 5 nitrogen and oxygen atoms in total. The summed E-state index contributed by atoms with van der Waals surface area (Å²) in [6.45, 7) is 3.73. The van der Waals surface area contributed by atoms with Crippen molar-refractivity contribution < 1.29 is 14.3 Å². The first kappa shape index (κ1) is 16.6. The molecule has 0 N–H and O–H groups in total. The Hall–Kier alpha value is -1.75. The van der Waals surface area contributed by atoms with E-state index in [1.165, 1.54) is 0 Å². The summed E-state index contributed by atoms with van der Waals surface area (Å²) in [7, 11) is 5.36. The maximum Gasteiger partial charge on any atom is 0.222 e. The Morgan fingerprint density at radius 1 is 1.09 bits per heavy atom. The van der Waals surface area contributed by atoms with Crippen LogP contribution in [0.2, 0.25) is 0 Å². The minimum atomic E-state index is 0.241. The predicted molar refractivity (Wildman–Crippen MR) is 86.6 cm³/mol. The number of hydrogen-bond donors (Lipinski definition) is 0. The monoisotopic (exact) mass is 306 g/mol. The quantitative estimate of drug-likeness (QED) is 0.832. The number of carbonyl (C=O) groups is 1. The van der Waals surface area contributed by atoms with Gasteiger partial charge in [-0.25, -0.2) is 0 Å². The lowest BCUT2D eigenvalue weighted by Gasteiger charge is -2.20. The summed E-state index contributed by atoms with van der Waals surface area (Å²) >= 11 is 0. The second kappa shape index (κ2) is 8.03. The minimum absolute atomic E-state index is 0.241. The Kier molecular flexibility index (Phi) is 6.07. The first-order valence-electron chi connectivity index (χ1n) is 7.81. The molecule has 22 heavy (non-hydrogen) atoms. The Bertz CT molecular complexity index is 505. The van der Waals surface area contributed by atoms with E-state index in [-0.39, 0.29) is 5.91 Å². The molecule has 122 valence electrons. The highest BCUT2D eigenvalue weighted by atomic mass is 16.5. The highest BCUT2D eigenvalue weighted by Crippen LogP contribution is 2.28. The van der Waals surface area contributed by atoms with Crippen LogP contribution in [0.3, 0.4) is 0 Å². The van der Waals surface area contributed by atoms with Crippen LogP contribution in [0.1, 0.15) is 18.4 Å². The zero-order valence-electron chi connectivity index (χ0n) is 13.8. The number of ether oxygens (including phenoxy) is 2. The smallest absolute Gasteiger partial charge is 0.222 e. The largest absolute Gasteiger partial charge is 0.493 e. The van der Waals surface area contributed by atoms with Crippen LogP contribution in [0.15, 0.2) is 18.2 Å². The molecule has 0 aliphatic carbocycles. The van der Waals surface area contributed by atoms with E-state index < -0.39 is 0 Å². The van der Waals surface area contributed by atoms with Gasteiger partial charge in [0.1, 0.15) is 0 Å². The summed E-state index contributed by atoms with van der Waals surface area (Å²) < 4.78 is 10.5. The molecule has 0 spiro atoms. The summed E-state index contributed by atoms with van der Waals surface area (Å²) in [5.41, 5.74) is 1.10. The standard InChI is InChI=1S/C17H26N2O3/c1-18-9-4-10-19(12-11-18)17(20)8-6-14-5-7-15(21-2)16(13-14)22-3/h5,7,13H,4,6,8-12H2,1-3H3. The van der Waals surface area contributed by atoms with E-state index in [4.69, 9.17) is 9.47 Å². The number of hydrogen-bond acceptors (Lipinski definition) is 4. The van der Waals surface area contributed by atoms with Crippen molar-refractivity contribution in [2.24, 2.45) is 0 Å². The van der Waals surface area contributed by atoms with Gasteiger partial charge < -0.3 is 19.3 Å². The van der Waals surface area contributed by atoms with E-state index in [1.54, 1.807) is 14.2 Å². The van der Waals surface area contributed by atoms with Crippen molar-refractivity contribution in [1.29, 1.82) is 0 Å². The van der Waals surface area contributed by atoms with Crippen LogP contribution >= 0.6 is 0 Å². The third-order valence-electron chi connectivity index (χ3n) is 4.15. The van der Waals surface area contributed by atoms with Crippen LogP contribution in [-0.2, 0) is 11.2 Å². The summed E-state index contributed by atoms with van der Waals surface area (Å²) in [5.74, 6) is 1.67. The topological polar surface area (TPSA) is 42.0 Å². The van der Waals surface area contributed by atoms with Crippen LogP contribution in [0.5, 0.6) is 11.5 Å². The number of rotatable bonds is 5. The molecule has 1 fully saturated rings. The fourth-order valence-corrected chi connectivity index (χ4v) is 2.74. The van der Waals surface area contributed by atoms with Gasteiger partial charge >= 0.3 is 0 Å². The normalized spacial score (nSPS) is 16.2. The Morgan fingerprint density at radius 3 is 2.59 bits per heavy atom. The molecule has 5 heteroatoms. The molecule has 2 rings (SSSR count). The molecule has 1 aromatic rings. The molecule has 0 saturated carbocycles. The van der Waals surface area contributed by atoms with E-state index in [1.807, 2.05) is 23.1 Å². The zero-order chi connectivity index (χ0) is 15.9. The van der Waals surface area contributed by atoms with E-state index in [2.05, 4.69) is 11.9 Å². The second-order valence-electron chi connectivity index (χ2n) is 5.73. The van der Waals surface area contributed by atoms with Gasteiger partial charge in [-0.1, -0.05) is 6.07 Å². The molecule has 1 amide bonds. The first-order chi connectivity index (χ1) is 10.6. The maximum atomic E-state index is 12.4. The van der Waals surface area contributed by atoms with Crippen LogP contribution in [-0.4, -0.2) is 63.2 Å². The molecule has 1 aromatic carbocycles. The van der Waals surface area contributed by atoms with Crippen molar-refractivity contribution in [3.63, 3.8) is 0 Å². The van der Waals surface area contributed by atoms with Gasteiger partial charge in [-0.3, -0.25) is 4.79 Å². The Morgan fingerprint density at radius 2 is 1.86 bits per heavy atom. The van der Waals surface area contributed by atoms with Crippen molar-refractivity contribution in [1.82, 2.24) is 9.80 Å². The molecule has 0 atom stereocenters. The van der Waals surface area contributed by atoms with Crippen molar-refractivity contribution in [2.75, 3.05) is 47.4 Å². The third-order valence-corrected chi connectivity index (χ3v) is 4.15. The van der Waals surface area contributed by atoms with Crippen molar-refractivity contribution in [3.8, 4) is 11.5 Å². The van der Waals surface area contributed by atoms with Crippen LogP contribution in [0.25, 0.3) is 0 Å². The van der Waals surface area contributed by atoms with Gasteiger partial charge in [-0.2, -0.15) is 0 Å². The summed E-state index contributed by atoms with van der Waals surface area (Å²) in [6, 6.07) is 5.83. The molecule has 1 heterocycles. The highest BCUT2D eigenvalue weighted by molar-refractivity contribution is 5.76. The van der Waals surface area contributed by atoms with Gasteiger partial charge in [0, 0.05) is 26.1 Å². The lowest BCUT2D eigenvalue weighted by atomic mass is 10.1. The average Bonchev–Trinajstić information content (AvgIpc) is 2.77. The lowest BCUT2D eigenvalue weighted by Crippen LogP contribution is -2.34. The summed E-state index contributed by atoms with van der Waals surface area (Å²) in [5, 5.41) is 0. The number of aryl methyl sites for hydroxylation is 1. The van der Waals surface area contributed by atoms with Gasteiger partial charge in [-0.15, -0.1) is 0 Å².